The van der Waals surface area contributed by atoms with Gasteiger partial charge in [-0.15, -0.1) is 0 Å². The average molecular weight is 423 g/mol. The van der Waals surface area contributed by atoms with Gasteiger partial charge in [0.1, 0.15) is 0 Å². The molecule has 3 rings (SSSR count). The second-order valence-corrected chi connectivity index (χ2v) is 8.25. The van der Waals surface area contributed by atoms with Crippen molar-refractivity contribution >= 4 is 11.8 Å². The molecule has 1 aliphatic heterocycles. The molecule has 0 unspecified atom stereocenters. The topological polar surface area (TPSA) is 64.7 Å². The smallest absolute Gasteiger partial charge is 0.251 e. The van der Waals surface area contributed by atoms with Gasteiger partial charge in [0.25, 0.3) is 5.91 Å². The van der Waals surface area contributed by atoms with Gasteiger partial charge in [0.05, 0.1) is 0 Å². The molecular formula is C25H34N4O2. The third kappa shape index (κ3) is 7.49. The van der Waals surface area contributed by atoms with Gasteiger partial charge in [0.15, 0.2) is 0 Å². The summed E-state index contributed by atoms with van der Waals surface area (Å²) in [5.41, 5.74) is 2.98. The van der Waals surface area contributed by atoms with E-state index in [4.69, 9.17) is 0 Å². The lowest BCUT2D eigenvalue weighted by atomic mass is 10.1. The lowest BCUT2D eigenvalue weighted by molar-refractivity contribution is -0.121. The molecule has 6 heteroatoms. The van der Waals surface area contributed by atoms with Crippen LogP contribution < -0.4 is 10.6 Å². The van der Waals surface area contributed by atoms with E-state index in [-0.39, 0.29) is 24.3 Å². The Kier molecular flexibility index (Phi) is 8.62. The second kappa shape index (κ2) is 11.6. The van der Waals surface area contributed by atoms with Crippen LogP contribution in [0.25, 0.3) is 0 Å². The first kappa shape index (κ1) is 23.0. The molecule has 0 bridgehead atoms. The zero-order chi connectivity index (χ0) is 22.1. The lowest BCUT2D eigenvalue weighted by Crippen LogP contribution is -2.45. The molecule has 0 aromatic heterocycles. The van der Waals surface area contributed by atoms with Crippen LogP contribution in [0.3, 0.4) is 0 Å². The zero-order valence-electron chi connectivity index (χ0n) is 18.6. The SMILES string of the molecule is CCN1CCN(Cc2ccc(CNC(=O)C[C@@H](C)NC(=O)c3ccccc3)cc2)CC1. The zero-order valence-corrected chi connectivity index (χ0v) is 18.6. The first-order valence-corrected chi connectivity index (χ1v) is 11.2. The number of piperazine rings is 1. The molecule has 31 heavy (non-hydrogen) atoms. The standard InChI is InChI=1S/C25H34N4O2/c1-3-28-13-15-29(16-14-28)19-22-11-9-21(10-12-22)18-26-24(30)17-20(2)27-25(31)23-7-5-4-6-8-23/h4-12,20H,3,13-19H2,1-2H3,(H,26,30)(H,27,31)/t20-/m1/s1. The Hall–Kier alpha value is -2.70. The Labute approximate surface area is 185 Å². The maximum Gasteiger partial charge on any atom is 0.251 e. The highest BCUT2D eigenvalue weighted by molar-refractivity contribution is 5.94. The normalized spacial score (nSPS) is 15.9. The van der Waals surface area contributed by atoms with E-state index in [1.807, 2.05) is 25.1 Å². The molecule has 2 N–H and O–H groups in total. The number of rotatable bonds is 9. The number of carbonyl (C=O) groups is 2. The molecule has 1 fully saturated rings. The van der Waals surface area contributed by atoms with Crippen molar-refractivity contribution in [3.63, 3.8) is 0 Å². The molecule has 0 radical (unpaired) electrons. The summed E-state index contributed by atoms with van der Waals surface area (Å²) in [6.45, 7) is 11.2. The van der Waals surface area contributed by atoms with Crippen LogP contribution in [-0.2, 0) is 17.9 Å². The summed E-state index contributed by atoms with van der Waals surface area (Å²) in [5.74, 6) is -0.230. The van der Waals surface area contributed by atoms with E-state index >= 15 is 0 Å². The molecule has 1 atom stereocenters. The fourth-order valence-electron chi connectivity index (χ4n) is 3.78. The molecule has 1 heterocycles. The highest BCUT2D eigenvalue weighted by Gasteiger charge is 2.16. The number of benzene rings is 2. The highest BCUT2D eigenvalue weighted by atomic mass is 16.2. The Morgan fingerprint density at radius 2 is 1.52 bits per heavy atom. The van der Waals surface area contributed by atoms with Crippen LogP contribution in [0.4, 0.5) is 0 Å². The van der Waals surface area contributed by atoms with Crippen molar-refractivity contribution in [1.82, 2.24) is 20.4 Å². The van der Waals surface area contributed by atoms with Crippen LogP contribution in [0.15, 0.2) is 54.6 Å². The van der Waals surface area contributed by atoms with E-state index < -0.39 is 0 Å². The van der Waals surface area contributed by atoms with Crippen molar-refractivity contribution in [1.29, 1.82) is 0 Å². The Morgan fingerprint density at radius 3 is 2.16 bits per heavy atom. The van der Waals surface area contributed by atoms with Crippen molar-refractivity contribution in [2.24, 2.45) is 0 Å². The Morgan fingerprint density at radius 1 is 0.903 bits per heavy atom. The molecule has 0 saturated carbocycles. The molecule has 2 amide bonds. The largest absolute Gasteiger partial charge is 0.352 e. The van der Waals surface area contributed by atoms with E-state index in [1.165, 1.54) is 5.56 Å². The number of hydrogen-bond acceptors (Lipinski definition) is 4. The summed E-state index contributed by atoms with van der Waals surface area (Å²) in [5, 5.41) is 5.82. The summed E-state index contributed by atoms with van der Waals surface area (Å²) in [4.78, 5) is 29.4. The van der Waals surface area contributed by atoms with E-state index in [0.717, 1.165) is 44.8 Å². The number of likely N-dealkylation sites (N-methyl/N-ethyl adjacent to an activating group) is 1. The predicted molar refractivity (Wildman–Crippen MR) is 124 cm³/mol. The monoisotopic (exact) mass is 422 g/mol. The minimum absolute atomic E-state index is 0.0706. The molecule has 0 spiro atoms. The van der Waals surface area contributed by atoms with Crippen molar-refractivity contribution in [3.8, 4) is 0 Å². The van der Waals surface area contributed by atoms with E-state index in [1.54, 1.807) is 12.1 Å². The quantitative estimate of drug-likeness (QED) is 0.652. The molecule has 6 nitrogen and oxygen atoms in total. The minimum atomic E-state index is -0.233. The first-order valence-electron chi connectivity index (χ1n) is 11.2. The number of nitrogens with one attached hydrogen (secondary N) is 2. The van der Waals surface area contributed by atoms with Crippen LogP contribution in [-0.4, -0.2) is 60.4 Å². The van der Waals surface area contributed by atoms with Gasteiger partial charge in [-0.3, -0.25) is 14.5 Å². The van der Waals surface area contributed by atoms with E-state index in [2.05, 4.69) is 51.6 Å². The Bertz CT molecular complexity index is 830. The van der Waals surface area contributed by atoms with Gasteiger partial charge in [0, 0.05) is 57.3 Å². The number of amides is 2. The lowest BCUT2D eigenvalue weighted by Gasteiger charge is -2.34. The van der Waals surface area contributed by atoms with Gasteiger partial charge in [-0.05, 0) is 36.7 Å². The number of nitrogens with zero attached hydrogens (tertiary/aromatic N) is 2. The fraction of sp³-hybridized carbons (Fsp3) is 0.440. The van der Waals surface area contributed by atoms with Crippen molar-refractivity contribution in [2.75, 3.05) is 32.7 Å². The van der Waals surface area contributed by atoms with Gasteiger partial charge in [0.2, 0.25) is 5.91 Å². The molecule has 1 aliphatic rings. The first-order chi connectivity index (χ1) is 15.0. The summed E-state index contributed by atoms with van der Waals surface area (Å²) >= 11 is 0. The number of hydrogen-bond donors (Lipinski definition) is 2. The van der Waals surface area contributed by atoms with Gasteiger partial charge in [-0.2, -0.15) is 0 Å². The predicted octanol–water partition coefficient (Wildman–Crippen LogP) is 2.65. The van der Waals surface area contributed by atoms with E-state index in [0.29, 0.717) is 12.1 Å². The van der Waals surface area contributed by atoms with Crippen LogP contribution in [0.5, 0.6) is 0 Å². The highest BCUT2D eigenvalue weighted by Crippen LogP contribution is 2.10. The minimum Gasteiger partial charge on any atom is -0.352 e. The molecule has 1 saturated heterocycles. The molecular weight excluding hydrogens is 388 g/mol. The summed E-state index contributed by atoms with van der Waals surface area (Å²) in [6.07, 6.45) is 0.250. The summed E-state index contributed by atoms with van der Waals surface area (Å²) in [6, 6.07) is 17.3. The molecule has 2 aromatic rings. The molecule has 166 valence electrons. The fourth-order valence-corrected chi connectivity index (χ4v) is 3.78. The van der Waals surface area contributed by atoms with Gasteiger partial charge in [-0.1, -0.05) is 49.4 Å². The van der Waals surface area contributed by atoms with Gasteiger partial charge >= 0.3 is 0 Å². The van der Waals surface area contributed by atoms with Gasteiger partial charge in [-0.25, -0.2) is 0 Å². The maximum absolute atomic E-state index is 12.3. The van der Waals surface area contributed by atoms with Crippen LogP contribution in [0, 0.1) is 0 Å². The molecule has 0 aliphatic carbocycles. The van der Waals surface area contributed by atoms with Crippen LogP contribution in [0.1, 0.15) is 41.8 Å². The third-order valence-electron chi connectivity index (χ3n) is 5.74. The van der Waals surface area contributed by atoms with Crippen molar-refractivity contribution < 1.29 is 9.59 Å². The van der Waals surface area contributed by atoms with E-state index in [9.17, 15) is 9.59 Å². The van der Waals surface area contributed by atoms with Crippen LogP contribution >= 0.6 is 0 Å². The third-order valence-corrected chi connectivity index (χ3v) is 5.74. The average Bonchev–Trinajstić information content (AvgIpc) is 2.79. The summed E-state index contributed by atoms with van der Waals surface area (Å²) in [7, 11) is 0. The van der Waals surface area contributed by atoms with Crippen molar-refractivity contribution in [3.05, 3.63) is 71.3 Å². The Balaban J connectivity index is 1.37. The maximum atomic E-state index is 12.3. The number of carbonyl (C=O) groups excluding carboxylic acids is 2. The van der Waals surface area contributed by atoms with Gasteiger partial charge < -0.3 is 15.5 Å². The summed E-state index contributed by atoms with van der Waals surface area (Å²) < 4.78 is 0. The molecule has 2 aromatic carbocycles. The second-order valence-electron chi connectivity index (χ2n) is 8.25. The van der Waals surface area contributed by atoms with Crippen molar-refractivity contribution in [2.45, 2.75) is 39.4 Å². The van der Waals surface area contributed by atoms with Crippen LogP contribution in [0.2, 0.25) is 0 Å².